The van der Waals surface area contributed by atoms with Crippen LogP contribution in [0.4, 0.5) is 0 Å². The van der Waals surface area contributed by atoms with Crippen molar-refractivity contribution in [3.05, 3.63) is 0 Å². The Bertz CT molecular complexity index is 493. The van der Waals surface area contributed by atoms with Gasteiger partial charge in [0.1, 0.15) is 0 Å². The van der Waals surface area contributed by atoms with Crippen LogP contribution in [0.25, 0.3) is 0 Å². The van der Waals surface area contributed by atoms with Gasteiger partial charge in [-0.3, -0.25) is 9.59 Å². The van der Waals surface area contributed by atoms with Crippen molar-refractivity contribution in [2.75, 3.05) is 26.0 Å². The highest BCUT2D eigenvalue weighted by molar-refractivity contribution is 7.89. The summed E-state index contributed by atoms with van der Waals surface area (Å²) in [7, 11) is -2.05. The largest absolute Gasteiger partial charge is 0.481 e. The van der Waals surface area contributed by atoms with Crippen molar-refractivity contribution < 1.29 is 27.9 Å². The van der Waals surface area contributed by atoms with Crippen molar-refractivity contribution in [1.82, 2.24) is 10.0 Å². The SMILES string of the molecule is COCCCS(=O)(=O)NCC(=O)N[C@H]1CCCCC[C@H]1C(=O)O. The van der Waals surface area contributed by atoms with Gasteiger partial charge in [0.05, 0.1) is 18.2 Å². The van der Waals surface area contributed by atoms with Crippen molar-refractivity contribution >= 4 is 21.9 Å². The van der Waals surface area contributed by atoms with E-state index < -0.39 is 33.9 Å². The van der Waals surface area contributed by atoms with Gasteiger partial charge in [0.2, 0.25) is 15.9 Å². The number of amides is 1. The summed E-state index contributed by atoms with van der Waals surface area (Å²) < 4.78 is 30.4. The number of carbonyl (C=O) groups excluding carboxylic acids is 1. The molecule has 1 aliphatic rings. The third-order valence-electron chi connectivity index (χ3n) is 3.89. The van der Waals surface area contributed by atoms with Crippen LogP contribution < -0.4 is 10.0 Å². The number of ether oxygens (including phenoxy) is 1. The zero-order valence-electron chi connectivity index (χ0n) is 13.4. The van der Waals surface area contributed by atoms with Crippen LogP contribution in [0.2, 0.25) is 0 Å². The molecule has 0 bridgehead atoms. The molecule has 0 aromatic heterocycles. The Morgan fingerprint density at radius 1 is 1.22 bits per heavy atom. The van der Waals surface area contributed by atoms with Gasteiger partial charge in [-0.05, 0) is 19.3 Å². The Labute approximate surface area is 137 Å². The van der Waals surface area contributed by atoms with Crippen molar-refractivity contribution in [2.45, 2.75) is 44.6 Å². The van der Waals surface area contributed by atoms with E-state index in [-0.39, 0.29) is 12.3 Å². The van der Waals surface area contributed by atoms with Gasteiger partial charge < -0.3 is 15.2 Å². The van der Waals surface area contributed by atoms with Crippen LogP contribution in [0.5, 0.6) is 0 Å². The van der Waals surface area contributed by atoms with Crippen LogP contribution >= 0.6 is 0 Å². The molecule has 2 atom stereocenters. The summed E-state index contributed by atoms with van der Waals surface area (Å²) in [4.78, 5) is 23.2. The molecule has 1 amide bonds. The van der Waals surface area contributed by atoms with Crippen molar-refractivity contribution in [3.63, 3.8) is 0 Å². The van der Waals surface area contributed by atoms with E-state index >= 15 is 0 Å². The third kappa shape index (κ3) is 7.76. The molecular formula is C14H26N2O6S. The zero-order chi connectivity index (χ0) is 17.3. The molecule has 9 heteroatoms. The minimum atomic E-state index is -3.53. The van der Waals surface area contributed by atoms with Crippen LogP contribution in [0.1, 0.15) is 38.5 Å². The van der Waals surface area contributed by atoms with E-state index in [1.165, 1.54) is 7.11 Å². The normalized spacial score (nSPS) is 22.3. The first-order valence-corrected chi connectivity index (χ1v) is 9.49. The lowest BCUT2D eigenvalue weighted by Crippen LogP contribution is -2.46. The molecule has 134 valence electrons. The number of carboxylic acids is 1. The summed E-state index contributed by atoms with van der Waals surface area (Å²) in [5, 5.41) is 11.9. The van der Waals surface area contributed by atoms with Gasteiger partial charge in [0, 0.05) is 19.8 Å². The molecule has 8 nitrogen and oxygen atoms in total. The lowest BCUT2D eigenvalue weighted by atomic mass is 9.95. The number of sulfonamides is 1. The molecular weight excluding hydrogens is 324 g/mol. The monoisotopic (exact) mass is 350 g/mol. The Morgan fingerprint density at radius 3 is 2.57 bits per heavy atom. The van der Waals surface area contributed by atoms with Crippen molar-refractivity contribution in [2.24, 2.45) is 5.92 Å². The molecule has 0 aromatic rings. The molecule has 1 saturated carbocycles. The number of carboxylic acid groups (broad SMARTS) is 1. The fourth-order valence-electron chi connectivity index (χ4n) is 2.67. The van der Waals surface area contributed by atoms with E-state index in [4.69, 9.17) is 4.74 Å². The number of rotatable bonds is 9. The van der Waals surface area contributed by atoms with E-state index in [1.54, 1.807) is 0 Å². The standard InChI is InChI=1S/C14H26N2O6S/c1-22-8-5-9-23(20,21)15-10-13(17)16-12-7-4-2-3-6-11(12)14(18)19/h11-12,15H,2-10H2,1H3,(H,16,17)(H,18,19)/t11-,12+/m1/s1. The van der Waals surface area contributed by atoms with Crippen LogP contribution in [-0.2, 0) is 24.3 Å². The second-order valence-electron chi connectivity index (χ2n) is 5.74. The summed E-state index contributed by atoms with van der Waals surface area (Å²) in [6, 6.07) is -0.444. The molecule has 1 aliphatic carbocycles. The van der Waals surface area contributed by atoms with E-state index in [1.807, 2.05) is 0 Å². The van der Waals surface area contributed by atoms with E-state index in [0.29, 0.717) is 25.9 Å². The Balaban J connectivity index is 2.46. The van der Waals surface area contributed by atoms with E-state index in [0.717, 1.165) is 19.3 Å². The summed E-state index contributed by atoms with van der Waals surface area (Å²) in [6.07, 6.45) is 4.11. The van der Waals surface area contributed by atoms with Gasteiger partial charge in [-0.1, -0.05) is 19.3 Å². The lowest BCUT2D eigenvalue weighted by molar-refractivity contribution is -0.143. The summed E-state index contributed by atoms with van der Waals surface area (Å²) >= 11 is 0. The smallest absolute Gasteiger partial charge is 0.308 e. The Morgan fingerprint density at radius 2 is 1.91 bits per heavy atom. The maximum Gasteiger partial charge on any atom is 0.308 e. The van der Waals surface area contributed by atoms with Crippen molar-refractivity contribution in [3.8, 4) is 0 Å². The number of carbonyl (C=O) groups is 2. The lowest BCUT2D eigenvalue weighted by Gasteiger charge is -2.22. The third-order valence-corrected chi connectivity index (χ3v) is 5.30. The molecule has 0 heterocycles. The van der Waals surface area contributed by atoms with Gasteiger partial charge in [-0.2, -0.15) is 0 Å². The van der Waals surface area contributed by atoms with Gasteiger partial charge in [-0.15, -0.1) is 0 Å². The first kappa shape index (κ1) is 19.9. The topological polar surface area (TPSA) is 122 Å². The van der Waals surface area contributed by atoms with Crippen molar-refractivity contribution in [1.29, 1.82) is 0 Å². The highest BCUT2D eigenvalue weighted by Crippen LogP contribution is 2.23. The first-order valence-electron chi connectivity index (χ1n) is 7.84. The fourth-order valence-corrected chi connectivity index (χ4v) is 3.67. The number of hydrogen-bond acceptors (Lipinski definition) is 5. The molecule has 0 radical (unpaired) electrons. The second kappa shape index (κ2) is 9.84. The molecule has 1 rings (SSSR count). The Kier molecular flexibility index (Phi) is 8.49. The average Bonchev–Trinajstić information content (AvgIpc) is 2.71. The number of aliphatic carboxylic acids is 1. The molecule has 3 N–H and O–H groups in total. The van der Waals surface area contributed by atoms with Crippen LogP contribution in [0, 0.1) is 5.92 Å². The number of nitrogens with one attached hydrogen (secondary N) is 2. The summed E-state index contributed by atoms with van der Waals surface area (Å²) in [6.45, 7) is -0.0480. The average molecular weight is 350 g/mol. The van der Waals surface area contributed by atoms with Crippen LogP contribution in [0.3, 0.4) is 0 Å². The fraction of sp³-hybridized carbons (Fsp3) is 0.857. The van der Waals surface area contributed by atoms with E-state index in [9.17, 15) is 23.1 Å². The highest BCUT2D eigenvalue weighted by Gasteiger charge is 2.30. The quantitative estimate of drug-likeness (QED) is 0.400. The molecule has 0 unspecified atom stereocenters. The Hall–Kier alpha value is -1.19. The minimum Gasteiger partial charge on any atom is -0.481 e. The molecule has 0 aliphatic heterocycles. The first-order chi connectivity index (χ1) is 10.9. The van der Waals surface area contributed by atoms with Crippen LogP contribution in [-0.4, -0.2) is 57.5 Å². The minimum absolute atomic E-state index is 0.116. The summed E-state index contributed by atoms with van der Waals surface area (Å²) in [5.41, 5.74) is 0. The predicted octanol–water partition coefficient (Wildman–Crippen LogP) is 0.0920. The molecule has 1 fully saturated rings. The van der Waals surface area contributed by atoms with Gasteiger partial charge in [0.25, 0.3) is 0 Å². The predicted molar refractivity (Wildman–Crippen MR) is 84.4 cm³/mol. The molecule has 0 saturated heterocycles. The maximum absolute atomic E-state index is 11.9. The molecule has 0 aromatic carbocycles. The summed E-state index contributed by atoms with van der Waals surface area (Å²) in [5.74, 6) is -2.15. The van der Waals surface area contributed by atoms with Gasteiger partial charge >= 0.3 is 5.97 Å². The number of methoxy groups -OCH3 is 1. The van der Waals surface area contributed by atoms with Crippen LogP contribution in [0.15, 0.2) is 0 Å². The second-order valence-corrected chi connectivity index (χ2v) is 7.67. The zero-order valence-corrected chi connectivity index (χ0v) is 14.2. The molecule has 0 spiro atoms. The maximum atomic E-state index is 11.9. The van der Waals surface area contributed by atoms with Gasteiger partial charge in [0.15, 0.2) is 0 Å². The number of hydrogen-bond donors (Lipinski definition) is 3. The molecule has 23 heavy (non-hydrogen) atoms. The van der Waals surface area contributed by atoms with E-state index in [2.05, 4.69) is 10.0 Å². The highest BCUT2D eigenvalue weighted by atomic mass is 32.2. The van der Waals surface area contributed by atoms with Gasteiger partial charge in [-0.25, -0.2) is 13.1 Å².